The Kier molecular flexibility index (Phi) is 1.87. The van der Waals surface area contributed by atoms with Crippen LogP contribution in [0.5, 0.6) is 0 Å². The van der Waals surface area contributed by atoms with Gasteiger partial charge in [0, 0.05) is 6.04 Å². The van der Waals surface area contributed by atoms with Gasteiger partial charge in [0.05, 0.1) is 0 Å². The SMILES string of the molecule is CC(C)(C)c1ccc2c(c1)C(N)C1(CC1)C2. The van der Waals surface area contributed by atoms with Crippen molar-refractivity contribution in [3.05, 3.63) is 34.9 Å². The van der Waals surface area contributed by atoms with Crippen LogP contribution in [0.3, 0.4) is 0 Å². The number of fused-ring (bicyclic) bond motifs is 1. The van der Waals surface area contributed by atoms with Crippen molar-refractivity contribution in [2.24, 2.45) is 11.1 Å². The molecular formula is C15H21N. The van der Waals surface area contributed by atoms with E-state index >= 15 is 0 Å². The topological polar surface area (TPSA) is 26.0 Å². The fourth-order valence-electron chi connectivity index (χ4n) is 2.98. The largest absolute Gasteiger partial charge is 0.323 e. The maximum atomic E-state index is 6.40. The van der Waals surface area contributed by atoms with Crippen LogP contribution in [0, 0.1) is 5.41 Å². The lowest BCUT2D eigenvalue weighted by atomic mass is 9.85. The van der Waals surface area contributed by atoms with Crippen LogP contribution in [0.1, 0.15) is 56.3 Å². The lowest BCUT2D eigenvalue weighted by Gasteiger charge is -2.21. The summed E-state index contributed by atoms with van der Waals surface area (Å²) in [5, 5.41) is 0. The Morgan fingerprint density at radius 3 is 2.50 bits per heavy atom. The summed E-state index contributed by atoms with van der Waals surface area (Å²) in [6.45, 7) is 6.80. The summed E-state index contributed by atoms with van der Waals surface area (Å²) in [5.74, 6) is 0. The highest BCUT2D eigenvalue weighted by Crippen LogP contribution is 2.61. The van der Waals surface area contributed by atoms with E-state index < -0.39 is 0 Å². The van der Waals surface area contributed by atoms with Crippen molar-refractivity contribution in [1.82, 2.24) is 0 Å². The zero-order valence-corrected chi connectivity index (χ0v) is 10.5. The van der Waals surface area contributed by atoms with Crippen molar-refractivity contribution in [2.75, 3.05) is 0 Å². The monoisotopic (exact) mass is 215 g/mol. The van der Waals surface area contributed by atoms with Crippen LogP contribution in [-0.2, 0) is 11.8 Å². The average molecular weight is 215 g/mol. The summed E-state index contributed by atoms with van der Waals surface area (Å²) < 4.78 is 0. The third-order valence-corrected chi connectivity index (χ3v) is 4.44. The van der Waals surface area contributed by atoms with Crippen LogP contribution in [0.25, 0.3) is 0 Å². The van der Waals surface area contributed by atoms with E-state index in [1.165, 1.54) is 36.0 Å². The maximum Gasteiger partial charge on any atom is 0.0358 e. The van der Waals surface area contributed by atoms with Crippen molar-refractivity contribution >= 4 is 0 Å². The number of nitrogens with two attached hydrogens (primary N) is 1. The molecule has 1 aromatic rings. The van der Waals surface area contributed by atoms with Gasteiger partial charge in [-0.1, -0.05) is 39.0 Å². The zero-order chi connectivity index (χ0) is 11.6. The summed E-state index contributed by atoms with van der Waals surface area (Å²) in [7, 11) is 0. The minimum Gasteiger partial charge on any atom is -0.323 e. The van der Waals surface area contributed by atoms with E-state index in [0.29, 0.717) is 11.5 Å². The first-order valence-electron chi connectivity index (χ1n) is 6.31. The molecule has 1 aromatic carbocycles. The Morgan fingerprint density at radius 1 is 1.25 bits per heavy atom. The Hall–Kier alpha value is -0.820. The molecule has 0 aliphatic heterocycles. The van der Waals surface area contributed by atoms with Crippen molar-refractivity contribution in [1.29, 1.82) is 0 Å². The average Bonchev–Trinajstić information content (AvgIpc) is 2.90. The first-order valence-corrected chi connectivity index (χ1v) is 6.31. The second-order valence-electron chi connectivity index (χ2n) is 6.68. The first-order chi connectivity index (χ1) is 7.42. The molecule has 1 unspecified atom stereocenters. The summed E-state index contributed by atoms with van der Waals surface area (Å²) in [6.07, 6.45) is 3.87. The van der Waals surface area contributed by atoms with Gasteiger partial charge in [-0.15, -0.1) is 0 Å². The van der Waals surface area contributed by atoms with Gasteiger partial charge >= 0.3 is 0 Å². The number of rotatable bonds is 0. The quantitative estimate of drug-likeness (QED) is 0.706. The van der Waals surface area contributed by atoms with Gasteiger partial charge in [-0.3, -0.25) is 0 Å². The summed E-state index contributed by atoms with van der Waals surface area (Å²) >= 11 is 0. The van der Waals surface area contributed by atoms with Crippen LogP contribution < -0.4 is 5.73 Å². The van der Waals surface area contributed by atoms with Gasteiger partial charge in [0.1, 0.15) is 0 Å². The summed E-state index contributed by atoms with van der Waals surface area (Å²) in [4.78, 5) is 0. The molecule has 1 saturated carbocycles. The molecule has 1 atom stereocenters. The van der Waals surface area contributed by atoms with Gasteiger partial charge < -0.3 is 5.73 Å². The molecule has 86 valence electrons. The molecule has 0 heterocycles. The van der Waals surface area contributed by atoms with Crippen molar-refractivity contribution in [3.63, 3.8) is 0 Å². The normalized spacial score (nSPS) is 25.9. The Labute approximate surface area is 98.0 Å². The molecule has 1 fully saturated rings. The molecule has 1 nitrogen and oxygen atoms in total. The number of hydrogen-bond acceptors (Lipinski definition) is 1. The van der Waals surface area contributed by atoms with E-state index in [9.17, 15) is 0 Å². The lowest BCUT2D eigenvalue weighted by Crippen LogP contribution is -2.18. The van der Waals surface area contributed by atoms with Gasteiger partial charge in [-0.25, -0.2) is 0 Å². The van der Waals surface area contributed by atoms with Crippen LogP contribution in [-0.4, -0.2) is 0 Å². The van der Waals surface area contributed by atoms with Crippen molar-refractivity contribution < 1.29 is 0 Å². The van der Waals surface area contributed by atoms with E-state index in [1.54, 1.807) is 0 Å². The van der Waals surface area contributed by atoms with E-state index in [2.05, 4.69) is 39.0 Å². The molecule has 2 N–H and O–H groups in total. The second-order valence-corrected chi connectivity index (χ2v) is 6.68. The van der Waals surface area contributed by atoms with E-state index in [-0.39, 0.29) is 5.41 Å². The minimum atomic E-state index is 0.230. The lowest BCUT2D eigenvalue weighted by molar-refractivity contribution is 0.446. The highest BCUT2D eigenvalue weighted by molar-refractivity contribution is 5.44. The predicted molar refractivity (Wildman–Crippen MR) is 67.4 cm³/mol. The van der Waals surface area contributed by atoms with Crippen LogP contribution in [0.2, 0.25) is 0 Å². The van der Waals surface area contributed by atoms with E-state index in [0.717, 1.165) is 0 Å². The predicted octanol–water partition coefficient (Wildman–Crippen LogP) is 3.32. The van der Waals surface area contributed by atoms with Gasteiger partial charge in [0.25, 0.3) is 0 Å². The van der Waals surface area contributed by atoms with Crippen LogP contribution in [0.4, 0.5) is 0 Å². The van der Waals surface area contributed by atoms with Crippen molar-refractivity contribution in [2.45, 2.75) is 51.5 Å². The summed E-state index contributed by atoms with van der Waals surface area (Å²) in [5.41, 5.74) is 11.4. The molecule has 2 aliphatic carbocycles. The molecule has 0 aromatic heterocycles. The molecule has 1 heteroatoms. The Balaban J connectivity index is 2.05. The number of hydrogen-bond donors (Lipinski definition) is 1. The molecule has 1 spiro atoms. The fourth-order valence-corrected chi connectivity index (χ4v) is 2.98. The third kappa shape index (κ3) is 1.34. The third-order valence-electron chi connectivity index (χ3n) is 4.44. The zero-order valence-electron chi connectivity index (χ0n) is 10.5. The molecule has 0 bridgehead atoms. The number of benzene rings is 1. The Morgan fingerprint density at radius 2 is 1.94 bits per heavy atom. The summed E-state index contributed by atoms with van der Waals surface area (Å²) in [6, 6.07) is 7.24. The molecular weight excluding hydrogens is 194 g/mol. The second kappa shape index (κ2) is 2.89. The van der Waals surface area contributed by atoms with Crippen molar-refractivity contribution in [3.8, 4) is 0 Å². The van der Waals surface area contributed by atoms with Gasteiger partial charge in [0.2, 0.25) is 0 Å². The highest BCUT2D eigenvalue weighted by Gasteiger charge is 2.52. The molecule has 3 rings (SSSR count). The van der Waals surface area contributed by atoms with Gasteiger partial charge in [-0.2, -0.15) is 0 Å². The van der Waals surface area contributed by atoms with E-state index in [4.69, 9.17) is 5.73 Å². The molecule has 2 aliphatic rings. The van der Waals surface area contributed by atoms with Gasteiger partial charge in [-0.05, 0) is 46.8 Å². The van der Waals surface area contributed by atoms with Crippen LogP contribution >= 0.6 is 0 Å². The minimum absolute atomic E-state index is 0.230. The Bertz CT molecular complexity index is 435. The first kappa shape index (κ1) is 10.3. The standard InChI is InChI=1S/C15H21N/c1-14(2,3)11-5-4-10-9-15(6-7-15)13(16)12(10)8-11/h4-5,8,13H,6-7,9,16H2,1-3H3. The van der Waals surface area contributed by atoms with Gasteiger partial charge in [0.15, 0.2) is 0 Å². The molecule has 0 amide bonds. The smallest absolute Gasteiger partial charge is 0.0358 e. The van der Waals surface area contributed by atoms with E-state index in [1.807, 2.05) is 0 Å². The molecule has 0 saturated heterocycles. The molecule has 16 heavy (non-hydrogen) atoms. The highest BCUT2D eigenvalue weighted by atomic mass is 14.8. The molecule has 0 radical (unpaired) electrons. The van der Waals surface area contributed by atoms with Crippen LogP contribution in [0.15, 0.2) is 18.2 Å². The maximum absolute atomic E-state index is 6.40. The fraction of sp³-hybridized carbons (Fsp3) is 0.600.